The largest absolute Gasteiger partial charge is 0.488 e. The Bertz CT molecular complexity index is 1460. The van der Waals surface area contributed by atoms with Crippen LogP contribution < -0.4 is 4.74 Å². The molecule has 0 N–H and O–H groups in total. The molecule has 174 valence electrons. The van der Waals surface area contributed by atoms with Gasteiger partial charge in [0.05, 0.1) is 11.4 Å². The second-order valence-corrected chi connectivity index (χ2v) is 10.3. The van der Waals surface area contributed by atoms with Gasteiger partial charge in [-0.3, -0.25) is 14.5 Å². The molecule has 4 aromatic carbocycles. The van der Waals surface area contributed by atoms with Gasteiger partial charge in [0.15, 0.2) is 0 Å². The van der Waals surface area contributed by atoms with Crippen LogP contribution in [-0.2, 0) is 17.9 Å². The molecule has 1 aliphatic rings. The second kappa shape index (κ2) is 10.3. The van der Waals surface area contributed by atoms with Crippen molar-refractivity contribution in [1.29, 1.82) is 0 Å². The van der Waals surface area contributed by atoms with E-state index in [0.717, 1.165) is 38.1 Å². The summed E-state index contributed by atoms with van der Waals surface area (Å²) < 4.78 is 6.88. The summed E-state index contributed by atoms with van der Waals surface area (Å²) in [6.07, 6.45) is 1.72. The molecule has 0 aromatic heterocycles. The molecule has 0 spiro atoms. The van der Waals surface area contributed by atoms with Crippen molar-refractivity contribution in [3.05, 3.63) is 116 Å². The first-order chi connectivity index (χ1) is 17.0. The van der Waals surface area contributed by atoms with Crippen LogP contribution in [0.4, 0.5) is 4.79 Å². The number of halogens is 2. The number of hydrogen-bond acceptors (Lipinski definition) is 4. The van der Waals surface area contributed by atoms with Crippen molar-refractivity contribution >= 4 is 67.3 Å². The highest BCUT2D eigenvalue weighted by molar-refractivity contribution is 9.10. The molecule has 0 radical (unpaired) electrons. The molecule has 1 heterocycles. The van der Waals surface area contributed by atoms with Gasteiger partial charge in [0.1, 0.15) is 12.4 Å². The average molecular weight is 565 g/mol. The van der Waals surface area contributed by atoms with Gasteiger partial charge >= 0.3 is 0 Å². The van der Waals surface area contributed by atoms with E-state index in [1.807, 2.05) is 84.9 Å². The maximum absolute atomic E-state index is 13.2. The van der Waals surface area contributed by atoms with Gasteiger partial charge in [-0.15, -0.1) is 0 Å². The molecule has 0 aliphatic carbocycles. The Balaban J connectivity index is 1.39. The monoisotopic (exact) mass is 563 g/mol. The van der Waals surface area contributed by atoms with E-state index in [2.05, 4.69) is 15.9 Å². The predicted molar refractivity (Wildman–Crippen MR) is 145 cm³/mol. The number of rotatable bonds is 6. The fourth-order valence-corrected chi connectivity index (χ4v) is 5.22. The lowest BCUT2D eigenvalue weighted by Gasteiger charge is -2.14. The van der Waals surface area contributed by atoms with Crippen LogP contribution in [0.15, 0.2) is 94.3 Å². The maximum atomic E-state index is 13.2. The molecule has 5 rings (SSSR count). The highest BCUT2D eigenvalue weighted by Gasteiger charge is 2.35. The summed E-state index contributed by atoms with van der Waals surface area (Å²) in [6.45, 7) is 0.573. The van der Waals surface area contributed by atoms with Crippen LogP contribution >= 0.6 is 39.3 Å². The van der Waals surface area contributed by atoms with Gasteiger partial charge < -0.3 is 4.74 Å². The van der Waals surface area contributed by atoms with E-state index in [9.17, 15) is 9.59 Å². The van der Waals surface area contributed by atoms with Crippen molar-refractivity contribution in [3.8, 4) is 5.75 Å². The number of amides is 2. The molecule has 1 saturated heterocycles. The standard InChI is InChI=1S/C28H19BrClNO3S/c29-22-10-13-25(34-17-18-8-11-23(30)12-9-18)21(14-22)15-26-27(32)31(28(33)35-26)16-20-6-3-5-19-4-1-2-7-24(19)20/h1-15H,16-17H2/b26-15-. The van der Waals surface area contributed by atoms with Gasteiger partial charge in [-0.25, -0.2) is 0 Å². The van der Waals surface area contributed by atoms with Crippen molar-refractivity contribution in [2.45, 2.75) is 13.2 Å². The van der Waals surface area contributed by atoms with E-state index in [0.29, 0.717) is 27.8 Å². The molecule has 0 saturated carbocycles. The summed E-state index contributed by atoms with van der Waals surface area (Å²) >= 11 is 10.4. The molecular weight excluding hydrogens is 546 g/mol. The number of carbonyl (C=O) groups is 2. The molecule has 0 unspecified atom stereocenters. The zero-order valence-corrected chi connectivity index (χ0v) is 21.6. The number of imide groups is 1. The smallest absolute Gasteiger partial charge is 0.293 e. The van der Waals surface area contributed by atoms with E-state index in [-0.39, 0.29) is 17.7 Å². The van der Waals surface area contributed by atoms with Crippen LogP contribution in [0.5, 0.6) is 5.75 Å². The highest BCUT2D eigenvalue weighted by Crippen LogP contribution is 2.36. The Morgan fingerprint density at radius 1 is 0.943 bits per heavy atom. The van der Waals surface area contributed by atoms with Gasteiger partial charge in [0.25, 0.3) is 11.1 Å². The van der Waals surface area contributed by atoms with Gasteiger partial charge in [-0.1, -0.05) is 82.1 Å². The van der Waals surface area contributed by atoms with Crippen molar-refractivity contribution in [3.63, 3.8) is 0 Å². The normalized spacial score (nSPS) is 14.8. The molecule has 35 heavy (non-hydrogen) atoms. The lowest BCUT2D eigenvalue weighted by Crippen LogP contribution is -2.27. The van der Waals surface area contributed by atoms with Crippen LogP contribution in [0.2, 0.25) is 5.02 Å². The quantitative estimate of drug-likeness (QED) is 0.222. The summed E-state index contributed by atoms with van der Waals surface area (Å²) in [5.74, 6) is 0.306. The van der Waals surface area contributed by atoms with Crippen molar-refractivity contribution in [2.75, 3.05) is 0 Å². The van der Waals surface area contributed by atoms with E-state index < -0.39 is 0 Å². The van der Waals surface area contributed by atoms with Crippen LogP contribution in [-0.4, -0.2) is 16.0 Å². The highest BCUT2D eigenvalue weighted by atomic mass is 79.9. The Hall–Kier alpha value is -3.06. The summed E-state index contributed by atoms with van der Waals surface area (Å²) in [5.41, 5.74) is 2.61. The van der Waals surface area contributed by atoms with Crippen molar-refractivity contribution in [1.82, 2.24) is 4.90 Å². The summed E-state index contributed by atoms with van der Waals surface area (Å²) in [7, 11) is 0. The van der Waals surface area contributed by atoms with Crippen LogP contribution in [0.3, 0.4) is 0 Å². The Morgan fingerprint density at radius 2 is 1.71 bits per heavy atom. The first-order valence-electron chi connectivity index (χ1n) is 10.9. The van der Waals surface area contributed by atoms with E-state index in [1.54, 1.807) is 6.08 Å². The molecule has 0 atom stereocenters. The van der Waals surface area contributed by atoms with Gasteiger partial charge in [0, 0.05) is 15.1 Å². The van der Waals surface area contributed by atoms with Gasteiger partial charge in [-0.05, 0) is 70.1 Å². The van der Waals surface area contributed by atoms with E-state index in [1.165, 1.54) is 4.90 Å². The number of hydrogen-bond donors (Lipinski definition) is 0. The Kier molecular flexibility index (Phi) is 6.95. The topological polar surface area (TPSA) is 46.6 Å². The lowest BCUT2D eigenvalue weighted by atomic mass is 10.0. The van der Waals surface area contributed by atoms with E-state index in [4.69, 9.17) is 16.3 Å². The number of ether oxygens (including phenoxy) is 1. The van der Waals surface area contributed by atoms with Crippen LogP contribution in [0, 0.1) is 0 Å². The van der Waals surface area contributed by atoms with Crippen molar-refractivity contribution < 1.29 is 14.3 Å². The molecule has 1 aliphatic heterocycles. The minimum atomic E-state index is -0.309. The molecule has 2 amide bonds. The molecule has 0 bridgehead atoms. The minimum absolute atomic E-state index is 0.224. The molecular formula is C28H19BrClNO3S. The van der Waals surface area contributed by atoms with Gasteiger partial charge in [-0.2, -0.15) is 0 Å². The Labute approximate surface area is 220 Å². The van der Waals surface area contributed by atoms with Crippen LogP contribution in [0.1, 0.15) is 16.7 Å². The first kappa shape index (κ1) is 23.7. The third-order valence-electron chi connectivity index (χ3n) is 5.65. The third kappa shape index (κ3) is 5.30. The summed E-state index contributed by atoms with van der Waals surface area (Å²) in [6, 6.07) is 26.9. The zero-order valence-electron chi connectivity index (χ0n) is 18.4. The van der Waals surface area contributed by atoms with Crippen LogP contribution in [0.25, 0.3) is 16.8 Å². The SMILES string of the molecule is O=C1S/C(=C\c2cc(Br)ccc2OCc2ccc(Cl)cc2)C(=O)N1Cc1cccc2ccccc12. The molecule has 4 aromatic rings. The number of carbonyl (C=O) groups excluding carboxylic acids is 2. The fourth-order valence-electron chi connectivity index (χ4n) is 3.88. The molecule has 7 heteroatoms. The predicted octanol–water partition coefficient (Wildman–Crippen LogP) is 8.07. The number of nitrogens with zero attached hydrogens (tertiary/aromatic N) is 1. The zero-order chi connectivity index (χ0) is 24.4. The number of fused-ring (bicyclic) bond motifs is 1. The maximum Gasteiger partial charge on any atom is 0.293 e. The fraction of sp³-hybridized carbons (Fsp3) is 0.0714. The number of thioether (sulfide) groups is 1. The Morgan fingerprint density at radius 3 is 2.54 bits per heavy atom. The number of benzene rings is 4. The molecule has 1 fully saturated rings. The minimum Gasteiger partial charge on any atom is -0.488 e. The summed E-state index contributed by atoms with van der Waals surface area (Å²) in [4.78, 5) is 27.7. The molecule has 4 nitrogen and oxygen atoms in total. The van der Waals surface area contributed by atoms with Gasteiger partial charge in [0.2, 0.25) is 0 Å². The summed E-state index contributed by atoms with van der Waals surface area (Å²) in [5, 5.41) is 2.48. The lowest BCUT2D eigenvalue weighted by molar-refractivity contribution is -0.123. The second-order valence-electron chi connectivity index (χ2n) is 8.00. The first-order valence-corrected chi connectivity index (χ1v) is 12.9. The van der Waals surface area contributed by atoms with E-state index >= 15 is 0 Å². The third-order valence-corrected chi connectivity index (χ3v) is 7.30. The van der Waals surface area contributed by atoms with Crippen molar-refractivity contribution in [2.24, 2.45) is 0 Å². The average Bonchev–Trinajstić information content (AvgIpc) is 3.12.